The highest BCUT2D eigenvalue weighted by molar-refractivity contribution is 4.94. The summed E-state index contributed by atoms with van der Waals surface area (Å²) in [7, 11) is 0. The molecule has 8 N–H and O–H groups in total. The first-order chi connectivity index (χ1) is 10.8. The fourth-order valence-electron chi connectivity index (χ4n) is 2.82. The van der Waals surface area contributed by atoms with Gasteiger partial charge in [-0.25, -0.2) is 0 Å². The number of aliphatic hydroxyl groups is 6. The van der Waals surface area contributed by atoms with Gasteiger partial charge in [0.05, 0.1) is 31.5 Å². The van der Waals surface area contributed by atoms with Crippen molar-refractivity contribution in [2.45, 2.75) is 62.2 Å². The first-order valence-corrected chi connectivity index (χ1v) is 7.47. The first-order valence-electron chi connectivity index (χ1n) is 7.47. The third-order valence-corrected chi connectivity index (χ3v) is 4.45. The van der Waals surface area contributed by atoms with E-state index in [1.165, 1.54) is 0 Å². The summed E-state index contributed by atoms with van der Waals surface area (Å²) in [5.74, 6) is -0.528. The van der Waals surface area contributed by atoms with Gasteiger partial charge in [-0.2, -0.15) is 0 Å². The predicted octanol–water partition coefficient (Wildman–Crippen LogP) is -4.16. The second-order valence-corrected chi connectivity index (χ2v) is 5.98. The molecule has 2 aliphatic rings. The Labute approximate surface area is 133 Å². The second-order valence-electron chi connectivity index (χ2n) is 5.98. The molecule has 2 aliphatic heterocycles. The average molecular weight is 339 g/mol. The van der Waals surface area contributed by atoms with Crippen molar-refractivity contribution in [3.63, 3.8) is 0 Å². The van der Waals surface area contributed by atoms with Gasteiger partial charge in [0, 0.05) is 5.92 Å². The molecule has 10 nitrogen and oxygen atoms in total. The van der Waals surface area contributed by atoms with E-state index in [-0.39, 0.29) is 0 Å². The van der Waals surface area contributed by atoms with Crippen LogP contribution in [0.1, 0.15) is 6.92 Å². The Balaban J connectivity index is 2.11. The molecule has 10 atom stereocenters. The van der Waals surface area contributed by atoms with E-state index in [0.717, 1.165) is 0 Å². The van der Waals surface area contributed by atoms with E-state index in [0.29, 0.717) is 0 Å². The highest BCUT2D eigenvalue weighted by atomic mass is 16.7. The molecule has 0 radical (unpaired) electrons. The van der Waals surface area contributed by atoms with Crippen LogP contribution >= 0.6 is 0 Å². The van der Waals surface area contributed by atoms with Gasteiger partial charge in [-0.15, -0.1) is 0 Å². The summed E-state index contributed by atoms with van der Waals surface area (Å²) in [5.41, 5.74) is 5.59. The smallest absolute Gasteiger partial charge is 0.187 e. The highest BCUT2D eigenvalue weighted by Crippen LogP contribution is 2.30. The predicted molar refractivity (Wildman–Crippen MR) is 73.7 cm³/mol. The maximum atomic E-state index is 10.1. The lowest BCUT2D eigenvalue weighted by Crippen LogP contribution is -2.65. The summed E-state index contributed by atoms with van der Waals surface area (Å²) in [4.78, 5) is 0. The quantitative estimate of drug-likeness (QED) is 0.266. The van der Waals surface area contributed by atoms with Crippen molar-refractivity contribution in [2.75, 3.05) is 13.2 Å². The number of hydrogen-bond acceptors (Lipinski definition) is 10. The molecule has 10 heteroatoms. The van der Waals surface area contributed by atoms with Crippen molar-refractivity contribution in [3.8, 4) is 0 Å². The molecule has 0 bridgehead atoms. The molecule has 136 valence electrons. The average Bonchev–Trinajstić information content (AvgIpc) is 2.55. The topological polar surface area (TPSA) is 175 Å². The van der Waals surface area contributed by atoms with Gasteiger partial charge in [-0.3, -0.25) is 0 Å². The SMILES string of the molecule is C[C@@H]1C(CO)O[C@@H](O[C@@H]2C(CO)O[C@@H](O)C(N)C2O)C(O)C1O. The van der Waals surface area contributed by atoms with Crippen LogP contribution in [0.3, 0.4) is 0 Å². The lowest BCUT2D eigenvalue weighted by molar-refractivity contribution is -0.338. The molecular formula is C13H25NO9. The van der Waals surface area contributed by atoms with Crippen molar-refractivity contribution >= 4 is 0 Å². The van der Waals surface area contributed by atoms with Crippen molar-refractivity contribution in [1.82, 2.24) is 0 Å². The number of ether oxygens (including phenoxy) is 3. The Kier molecular flexibility index (Phi) is 6.30. The van der Waals surface area contributed by atoms with Crippen LogP contribution < -0.4 is 5.73 Å². The van der Waals surface area contributed by atoms with E-state index in [4.69, 9.17) is 19.9 Å². The van der Waals surface area contributed by atoms with Gasteiger partial charge in [0.25, 0.3) is 0 Å². The summed E-state index contributed by atoms with van der Waals surface area (Å²) in [6.07, 6.45) is -9.93. The Bertz CT molecular complexity index is 382. The molecule has 2 saturated heterocycles. The van der Waals surface area contributed by atoms with Crippen molar-refractivity contribution in [3.05, 3.63) is 0 Å². The van der Waals surface area contributed by atoms with Gasteiger partial charge >= 0.3 is 0 Å². The lowest BCUT2D eigenvalue weighted by atomic mass is 9.90. The molecule has 0 spiro atoms. The van der Waals surface area contributed by atoms with Crippen LogP contribution in [0.25, 0.3) is 0 Å². The highest BCUT2D eigenvalue weighted by Gasteiger charge is 2.48. The molecule has 23 heavy (non-hydrogen) atoms. The number of nitrogens with two attached hydrogens (primary N) is 1. The number of hydrogen-bond donors (Lipinski definition) is 7. The van der Waals surface area contributed by atoms with Gasteiger partial charge < -0.3 is 50.6 Å². The van der Waals surface area contributed by atoms with Crippen LogP contribution in [0.4, 0.5) is 0 Å². The third kappa shape index (κ3) is 3.66. The summed E-state index contributed by atoms with van der Waals surface area (Å²) in [6.45, 7) is 0.638. The number of rotatable bonds is 4. The van der Waals surface area contributed by atoms with E-state index >= 15 is 0 Å². The van der Waals surface area contributed by atoms with Gasteiger partial charge in [0.2, 0.25) is 0 Å². The van der Waals surface area contributed by atoms with Crippen LogP contribution in [0.2, 0.25) is 0 Å². The van der Waals surface area contributed by atoms with E-state index in [2.05, 4.69) is 0 Å². The zero-order valence-electron chi connectivity index (χ0n) is 12.7. The molecule has 0 aliphatic carbocycles. The van der Waals surface area contributed by atoms with E-state index in [1.807, 2.05) is 0 Å². The summed E-state index contributed by atoms with van der Waals surface area (Å²) >= 11 is 0. The Morgan fingerprint density at radius 2 is 1.52 bits per heavy atom. The van der Waals surface area contributed by atoms with Crippen molar-refractivity contribution < 1.29 is 44.8 Å². The monoisotopic (exact) mass is 339 g/mol. The van der Waals surface area contributed by atoms with E-state index in [9.17, 15) is 30.6 Å². The molecular weight excluding hydrogens is 314 g/mol. The summed E-state index contributed by atoms with van der Waals surface area (Å²) in [6, 6.07) is -1.18. The largest absolute Gasteiger partial charge is 0.394 e. The fourth-order valence-corrected chi connectivity index (χ4v) is 2.82. The molecule has 0 amide bonds. The molecule has 0 aromatic heterocycles. The summed E-state index contributed by atoms with van der Waals surface area (Å²) < 4.78 is 15.9. The third-order valence-electron chi connectivity index (χ3n) is 4.45. The Morgan fingerprint density at radius 3 is 2.09 bits per heavy atom. The van der Waals surface area contributed by atoms with E-state index in [1.54, 1.807) is 6.92 Å². The van der Waals surface area contributed by atoms with Crippen LogP contribution in [0, 0.1) is 5.92 Å². The number of aliphatic hydroxyl groups excluding tert-OH is 6. The van der Waals surface area contributed by atoms with Crippen LogP contribution in [-0.4, -0.2) is 99.1 Å². The minimum Gasteiger partial charge on any atom is -0.394 e. The zero-order chi connectivity index (χ0) is 17.3. The van der Waals surface area contributed by atoms with E-state index < -0.39 is 74.4 Å². The molecule has 2 rings (SSSR count). The lowest BCUT2D eigenvalue weighted by Gasteiger charge is -2.46. The summed E-state index contributed by atoms with van der Waals surface area (Å²) in [5, 5.41) is 58.3. The Hall–Kier alpha value is -0.400. The Morgan fingerprint density at radius 1 is 0.913 bits per heavy atom. The van der Waals surface area contributed by atoms with Gasteiger partial charge in [0.15, 0.2) is 12.6 Å². The normalized spacial score (nSPS) is 51.7. The molecule has 0 saturated carbocycles. The van der Waals surface area contributed by atoms with Gasteiger partial charge in [-0.05, 0) is 0 Å². The van der Waals surface area contributed by atoms with Gasteiger partial charge in [-0.1, -0.05) is 6.92 Å². The molecule has 2 fully saturated rings. The minimum absolute atomic E-state index is 0.393. The van der Waals surface area contributed by atoms with Crippen LogP contribution in [-0.2, 0) is 14.2 Å². The minimum atomic E-state index is -1.48. The van der Waals surface area contributed by atoms with Crippen LogP contribution in [0.5, 0.6) is 0 Å². The molecule has 0 aromatic rings. The second kappa shape index (κ2) is 7.66. The standard InChI is InChI=1S/C13H25NO9/c1-4-5(2-15)22-13(10(19)8(4)17)23-11-6(3-16)21-12(20)7(14)9(11)18/h4-13,15-20H,2-3,14H2,1H3/t4-,5?,6?,7?,8?,9?,10?,11-,12-,13+/m1/s1. The molecule has 2 heterocycles. The molecule has 6 unspecified atom stereocenters. The zero-order valence-corrected chi connectivity index (χ0v) is 12.7. The van der Waals surface area contributed by atoms with Crippen molar-refractivity contribution in [1.29, 1.82) is 0 Å². The molecule has 0 aromatic carbocycles. The maximum Gasteiger partial charge on any atom is 0.187 e. The first kappa shape index (κ1) is 18.9. The maximum absolute atomic E-state index is 10.1. The van der Waals surface area contributed by atoms with Gasteiger partial charge in [0.1, 0.15) is 24.4 Å². The fraction of sp³-hybridized carbons (Fsp3) is 1.00. The van der Waals surface area contributed by atoms with Crippen LogP contribution in [0.15, 0.2) is 0 Å². The van der Waals surface area contributed by atoms with Crippen molar-refractivity contribution in [2.24, 2.45) is 11.7 Å².